The van der Waals surface area contributed by atoms with E-state index in [1.807, 2.05) is 12.1 Å². The number of aryl methyl sites for hydroxylation is 1. The van der Waals surface area contributed by atoms with Crippen LogP contribution in [0.4, 0.5) is 0 Å². The predicted octanol–water partition coefficient (Wildman–Crippen LogP) is 1.75. The molecular weight excluding hydrogens is 214 g/mol. The van der Waals surface area contributed by atoms with Gasteiger partial charge in [-0.3, -0.25) is 4.90 Å². The molecule has 1 aromatic carbocycles. The van der Waals surface area contributed by atoms with Gasteiger partial charge in [-0.2, -0.15) is 0 Å². The van der Waals surface area contributed by atoms with Crippen LogP contribution in [0.3, 0.4) is 0 Å². The third-order valence-corrected chi connectivity index (χ3v) is 3.25. The molecule has 0 aromatic heterocycles. The molecule has 0 amide bonds. The van der Waals surface area contributed by atoms with Gasteiger partial charge in [-0.1, -0.05) is 29.8 Å². The quantitative estimate of drug-likeness (QED) is 0.863. The van der Waals surface area contributed by atoms with E-state index < -0.39 is 0 Å². The van der Waals surface area contributed by atoms with Gasteiger partial charge in [0.1, 0.15) is 0 Å². The Kier molecular flexibility index (Phi) is 4.54. The predicted molar refractivity (Wildman–Crippen MR) is 68.0 cm³/mol. The largest absolute Gasteiger partial charge is 0.388 e. The zero-order valence-electron chi connectivity index (χ0n) is 10.4. The van der Waals surface area contributed by atoms with E-state index in [0.717, 1.165) is 44.8 Å². The summed E-state index contributed by atoms with van der Waals surface area (Å²) < 4.78 is 5.30. The van der Waals surface area contributed by atoms with Crippen LogP contribution in [0.5, 0.6) is 0 Å². The summed E-state index contributed by atoms with van der Waals surface area (Å²) in [5.74, 6) is 0. The topological polar surface area (TPSA) is 32.7 Å². The van der Waals surface area contributed by atoms with Gasteiger partial charge in [0, 0.05) is 19.6 Å². The molecule has 94 valence electrons. The molecule has 1 N–H and O–H groups in total. The Bertz CT molecular complexity index is 348. The minimum absolute atomic E-state index is 0.349. The third kappa shape index (κ3) is 3.80. The fourth-order valence-corrected chi connectivity index (χ4v) is 2.17. The number of morpholine rings is 1. The lowest BCUT2D eigenvalue weighted by Crippen LogP contribution is -2.37. The van der Waals surface area contributed by atoms with Crippen LogP contribution in [0.15, 0.2) is 24.3 Å². The highest BCUT2D eigenvalue weighted by molar-refractivity contribution is 5.23. The maximum absolute atomic E-state index is 10.1. The number of nitrogens with zero attached hydrogens (tertiary/aromatic N) is 1. The summed E-state index contributed by atoms with van der Waals surface area (Å²) in [6, 6.07) is 8.11. The van der Waals surface area contributed by atoms with E-state index in [4.69, 9.17) is 4.74 Å². The normalized spacial score (nSPS) is 19.2. The standard InChI is InChI=1S/C14H21NO2/c1-12-3-2-4-13(11-12)14(16)5-6-15-7-9-17-10-8-15/h2-4,11,14,16H,5-10H2,1H3. The molecule has 1 aromatic rings. The van der Waals surface area contributed by atoms with Crippen LogP contribution in [0.25, 0.3) is 0 Å². The molecule has 0 bridgehead atoms. The van der Waals surface area contributed by atoms with Gasteiger partial charge in [-0.15, -0.1) is 0 Å². The van der Waals surface area contributed by atoms with Crippen LogP contribution in [-0.4, -0.2) is 42.9 Å². The number of hydrogen-bond donors (Lipinski definition) is 1. The highest BCUT2D eigenvalue weighted by Gasteiger charge is 2.13. The first-order valence-electron chi connectivity index (χ1n) is 6.30. The first kappa shape index (κ1) is 12.6. The molecule has 2 rings (SSSR count). The summed E-state index contributed by atoms with van der Waals surface area (Å²) in [7, 11) is 0. The number of benzene rings is 1. The SMILES string of the molecule is Cc1cccc(C(O)CCN2CCOCC2)c1. The van der Waals surface area contributed by atoms with Crippen molar-refractivity contribution in [2.75, 3.05) is 32.8 Å². The van der Waals surface area contributed by atoms with Gasteiger partial charge in [0.2, 0.25) is 0 Å². The van der Waals surface area contributed by atoms with Crippen molar-refractivity contribution in [3.63, 3.8) is 0 Å². The molecule has 3 heteroatoms. The van der Waals surface area contributed by atoms with Gasteiger partial charge in [0.25, 0.3) is 0 Å². The minimum atomic E-state index is -0.349. The summed E-state index contributed by atoms with van der Waals surface area (Å²) >= 11 is 0. The summed E-state index contributed by atoms with van der Waals surface area (Å²) in [4.78, 5) is 2.35. The number of aliphatic hydroxyl groups is 1. The Hall–Kier alpha value is -0.900. The molecule has 1 atom stereocenters. The molecule has 1 unspecified atom stereocenters. The van der Waals surface area contributed by atoms with Gasteiger partial charge < -0.3 is 9.84 Å². The molecule has 0 saturated carbocycles. The lowest BCUT2D eigenvalue weighted by molar-refractivity contribution is 0.0300. The number of ether oxygens (including phenoxy) is 1. The second-order valence-corrected chi connectivity index (χ2v) is 4.67. The van der Waals surface area contributed by atoms with Crippen LogP contribution in [0.1, 0.15) is 23.7 Å². The Morgan fingerprint density at radius 3 is 2.82 bits per heavy atom. The average Bonchev–Trinajstić information content (AvgIpc) is 2.37. The van der Waals surface area contributed by atoms with Crippen molar-refractivity contribution in [3.05, 3.63) is 35.4 Å². The molecule has 17 heavy (non-hydrogen) atoms. The van der Waals surface area contributed by atoms with Crippen LogP contribution < -0.4 is 0 Å². The first-order chi connectivity index (χ1) is 8.25. The van der Waals surface area contributed by atoms with Crippen molar-refractivity contribution in [1.29, 1.82) is 0 Å². The summed E-state index contributed by atoms with van der Waals surface area (Å²) in [6.07, 6.45) is 0.446. The van der Waals surface area contributed by atoms with E-state index in [9.17, 15) is 5.11 Å². The van der Waals surface area contributed by atoms with Crippen LogP contribution in [0, 0.1) is 6.92 Å². The highest BCUT2D eigenvalue weighted by atomic mass is 16.5. The Balaban J connectivity index is 1.82. The van der Waals surface area contributed by atoms with Gasteiger partial charge in [-0.05, 0) is 18.9 Å². The van der Waals surface area contributed by atoms with Gasteiger partial charge in [0.15, 0.2) is 0 Å². The fourth-order valence-electron chi connectivity index (χ4n) is 2.17. The van der Waals surface area contributed by atoms with Gasteiger partial charge in [-0.25, -0.2) is 0 Å². The van der Waals surface area contributed by atoms with Gasteiger partial charge in [0.05, 0.1) is 19.3 Å². The molecule has 1 aliphatic heterocycles. The lowest BCUT2D eigenvalue weighted by atomic mass is 10.0. The molecule has 1 fully saturated rings. The lowest BCUT2D eigenvalue weighted by Gasteiger charge is -2.27. The summed E-state index contributed by atoms with van der Waals surface area (Å²) in [5.41, 5.74) is 2.23. The molecule has 0 spiro atoms. The van der Waals surface area contributed by atoms with Crippen LogP contribution in [-0.2, 0) is 4.74 Å². The average molecular weight is 235 g/mol. The molecule has 0 aliphatic carbocycles. The van der Waals surface area contributed by atoms with E-state index >= 15 is 0 Å². The number of aliphatic hydroxyl groups excluding tert-OH is 1. The summed E-state index contributed by atoms with van der Waals surface area (Å²) in [5, 5.41) is 10.1. The Morgan fingerprint density at radius 2 is 2.12 bits per heavy atom. The minimum Gasteiger partial charge on any atom is -0.388 e. The fraction of sp³-hybridized carbons (Fsp3) is 0.571. The Labute approximate surface area is 103 Å². The van der Waals surface area contributed by atoms with Crippen molar-refractivity contribution in [2.24, 2.45) is 0 Å². The van der Waals surface area contributed by atoms with Gasteiger partial charge >= 0.3 is 0 Å². The maximum atomic E-state index is 10.1. The smallest absolute Gasteiger partial charge is 0.0802 e. The zero-order chi connectivity index (χ0) is 12.1. The van der Waals surface area contributed by atoms with Crippen molar-refractivity contribution in [2.45, 2.75) is 19.4 Å². The van der Waals surface area contributed by atoms with E-state index in [1.165, 1.54) is 5.56 Å². The zero-order valence-corrected chi connectivity index (χ0v) is 10.4. The molecule has 1 aliphatic rings. The third-order valence-electron chi connectivity index (χ3n) is 3.25. The number of hydrogen-bond acceptors (Lipinski definition) is 3. The van der Waals surface area contributed by atoms with Crippen molar-refractivity contribution < 1.29 is 9.84 Å². The van der Waals surface area contributed by atoms with Crippen LogP contribution in [0.2, 0.25) is 0 Å². The number of rotatable bonds is 4. The molecule has 1 heterocycles. The molecule has 0 radical (unpaired) electrons. The van der Waals surface area contributed by atoms with E-state index in [0.29, 0.717) is 0 Å². The molecule has 1 saturated heterocycles. The van der Waals surface area contributed by atoms with Crippen LogP contribution >= 0.6 is 0 Å². The van der Waals surface area contributed by atoms with Crippen molar-refractivity contribution >= 4 is 0 Å². The van der Waals surface area contributed by atoms with Crippen molar-refractivity contribution in [3.8, 4) is 0 Å². The molecular formula is C14H21NO2. The van der Waals surface area contributed by atoms with E-state index in [2.05, 4.69) is 24.0 Å². The Morgan fingerprint density at radius 1 is 1.35 bits per heavy atom. The second-order valence-electron chi connectivity index (χ2n) is 4.67. The van der Waals surface area contributed by atoms with Crippen molar-refractivity contribution in [1.82, 2.24) is 4.90 Å². The van der Waals surface area contributed by atoms with E-state index in [1.54, 1.807) is 0 Å². The highest BCUT2D eigenvalue weighted by Crippen LogP contribution is 2.18. The monoisotopic (exact) mass is 235 g/mol. The maximum Gasteiger partial charge on any atom is 0.0802 e. The second kappa shape index (κ2) is 6.15. The summed E-state index contributed by atoms with van der Waals surface area (Å²) in [6.45, 7) is 6.61. The molecule has 3 nitrogen and oxygen atoms in total. The first-order valence-corrected chi connectivity index (χ1v) is 6.30. The van der Waals surface area contributed by atoms with E-state index in [-0.39, 0.29) is 6.10 Å².